The van der Waals surface area contributed by atoms with E-state index in [-0.39, 0.29) is 17.9 Å². The molecule has 0 spiro atoms. The van der Waals surface area contributed by atoms with Crippen LogP contribution in [0, 0.1) is 12.8 Å². The van der Waals surface area contributed by atoms with Gasteiger partial charge in [-0.2, -0.15) is 0 Å². The maximum atomic E-state index is 11.5. The number of amides is 3. The highest BCUT2D eigenvalue weighted by atomic mass is 16.2. The van der Waals surface area contributed by atoms with Crippen molar-refractivity contribution < 1.29 is 9.59 Å². The van der Waals surface area contributed by atoms with Crippen LogP contribution in [0.1, 0.15) is 25.0 Å². The molecular formula is C15H23N3O2. The minimum Gasteiger partial charge on any atom is -0.354 e. The molecule has 1 aromatic rings. The Kier molecular flexibility index (Phi) is 6.56. The van der Waals surface area contributed by atoms with Gasteiger partial charge >= 0.3 is 6.03 Å². The van der Waals surface area contributed by atoms with E-state index in [1.807, 2.05) is 45.0 Å². The van der Waals surface area contributed by atoms with Gasteiger partial charge in [0, 0.05) is 25.6 Å². The Balaban J connectivity index is 2.14. The molecule has 1 aromatic carbocycles. The van der Waals surface area contributed by atoms with Crippen molar-refractivity contribution in [2.45, 2.75) is 27.3 Å². The van der Waals surface area contributed by atoms with Gasteiger partial charge in [0.2, 0.25) is 5.91 Å². The molecule has 0 saturated heterocycles. The Bertz CT molecular complexity index is 441. The second-order valence-corrected chi connectivity index (χ2v) is 5.04. The largest absolute Gasteiger partial charge is 0.354 e. The Hall–Kier alpha value is -2.04. The molecule has 0 saturated carbocycles. The molecule has 110 valence electrons. The van der Waals surface area contributed by atoms with Crippen molar-refractivity contribution in [3.05, 3.63) is 35.4 Å². The summed E-state index contributed by atoms with van der Waals surface area (Å²) in [6.45, 7) is 7.03. The smallest absolute Gasteiger partial charge is 0.315 e. The fourth-order valence-electron chi connectivity index (χ4n) is 1.52. The molecule has 3 N–H and O–H groups in total. The summed E-state index contributed by atoms with van der Waals surface area (Å²) in [6, 6.07) is 7.76. The lowest BCUT2D eigenvalue weighted by molar-refractivity contribution is -0.123. The van der Waals surface area contributed by atoms with Crippen LogP contribution in [-0.4, -0.2) is 25.0 Å². The van der Waals surface area contributed by atoms with E-state index >= 15 is 0 Å². The van der Waals surface area contributed by atoms with Crippen molar-refractivity contribution in [1.82, 2.24) is 16.0 Å². The van der Waals surface area contributed by atoms with E-state index in [4.69, 9.17) is 0 Å². The molecular weight excluding hydrogens is 254 g/mol. The lowest BCUT2D eigenvalue weighted by atomic mass is 10.1. The summed E-state index contributed by atoms with van der Waals surface area (Å²) in [5, 5.41) is 8.20. The molecule has 3 amide bonds. The average molecular weight is 277 g/mol. The van der Waals surface area contributed by atoms with Crippen LogP contribution in [0.4, 0.5) is 4.79 Å². The van der Waals surface area contributed by atoms with Crippen LogP contribution in [0.2, 0.25) is 0 Å². The third-order valence-electron chi connectivity index (χ3n) is 2.81. The van der Waals surface area contributed by atoms with E-state index in [9.17, 15) is 9.59 Å². The molecule has 0 aliphatic carbocycles. The first-order valence-electron chi connectivity index (χ1n) is 6.84. The summed E-state index contributed by atoms with van der Waals surface area (Å²) in [6.07, 6.45) is 0. The number of aryl methyl sites for hydroxylation is 1. The summed E-state index contributed by atoms with van der Waals surface area (Å²) >= 11 is 0. The topological polar surface area (TPSA) is 70.2 Å². The van der Waals surface area contributed by atoms with Crippen molar-refractivity contribution >= 4 is 11.9 Å². The molecule has 0 heterocycles. The van der Waals surface area contributed by atoms with Crippen molar-refractivity contribution in [1.29, 1.82) is 0 Å². The van der Waals surface area contributed by atoms with Gasteiger partial charge in [-0.25, -0.2) is 4.79 Å². The van der Waals surface area contributed by atoms with Gasteiger partial charge < -0.3 is 16.0 Å². The first-order valence-corrected chi connectivity index (χ1v) is 6.84. The quantitative estimate of drug-likeness (QED) is 0.691. The first kappa shape index (κ1) is 16.0. The Morgan fingerprint density at radius 2 is 1.60 bits per heavy atom. The normalized spacial score (nSPS) is 10.2. The van der Waals surface area contributed by atoms with Gasteiger partial charge in [0.1, 0.15) is 0 Å². The number of benzene rings is 1. The van der Waals surface area contributed by atoms with Crippen LogP contribution in [0.3, 0.4) is 0 Å². The number of hydrogen-bond acceptors (Lipinski definition) is 2. The van der Waals surface area contributed by atoms with Crippen LogP contribution < -0.4 is 16.0 Å². The lowest BCUT2D eigenvalue weighted by Gasteiger charge is -2.10. The molecule has 0 aliphatic rings. The van der Waals surface area contributed by atoms with Crippen molar-refractivity contribution in [3.8, 4) is 0 Å². The van der Waals surface area contributed by atoms with E-state index in [0.29, 0.717) is 19.6 Å². The standard InChI is InChI=1S/C15H23N3O2/c1-11(2)14(19)16-8-9-17-15(20)18-10-13-6-4-12(3)5-7-13/h4-7,11H,8-10H2,1-3H3,(H,16,19)(H2,17,18,20). The van der Waals surface area contributed by atoms with Gasteiger partial charge in [-0.05, 0) is 12.5 Å². The fraction of sp³-hybridized carbons (Fsp3) is 0.467. The number of rotatable bonds is 6. The van der Waals surface area contributed by atoms with E-state index in [1.165, 1.54) is 5.56 Å². The number of urea groups is 1. The van der Waals surface area contributed by atoms with Gasteiger partial charge in [0.15, 0.2) is 0 Å². The predicted molar refractivity (Wildman–Crippen MR) is 79.3 cm³/mol. The van der Waals surface area contributed by atoms with Crippen LogP contribution in [0.25, 0.3) is 0 Å². The highest BCUT2D eigenvalue weighted by Crippen LogP contribution is 2.02. The van der Waals surface area contributed by atoms with Crippen LogP contribution in [-0.2, 0) is 11.3 Å². The molecule has 0 unspecified atom stereocenters. The maximum Gasteiger partial charge on any atom is 0.315 e. The molecule has 0 atom stereocenters. The highest BCUT2D eigenvalue weighted by molar-refractivity contribution is 5.78. The number of hydrogen-bond donors (Lipinski definition) is 3. The Labute approximate surface area is 120 Å². The zero-order valence-electron chi connectivity index (χ0n) is 12.3. The zero-order valence-corrected chi connectivity index (χ0v) is 12.3. The minimum absolute atomic E-state index is 0.00753. The average Bonchev–Trinajstić information content (AvgIpc) is 2.42. The van der Waals surface area contributed by atoms with Gasteiger partial charge in [-0.15, -0.1) is 0 Å². The summed E-state index contributed by atoms with van der Waals surface area (Å²) < 4.78 is 0. The van der Waals surface area contributed by atoms with E-state index < -0.39 is 0 Å². The highest BCUT2D eigenvalue weighted by Gasteiger charge is 2.05. The molecule has 20 heavy (non-hydrogen) atoms. The van der Waals surface area contributed by atoms with Crippen LogP contribution in [0.5, 0.6) is 0 Å². The van der Waals surface area contributed by atoms with Crippen LogP contribution >= 0.6 is 0 Å². The van der Waals surface area contributed by atoms with Crippen molar-refractivity contribution in [2.24, 2.45) is 5.92 Å². The van der Waals surface area contributed by atoms with E-state index in [1.54, 1.807) is 0 Å². The molecule has 0 aliphatic heterocycles. The van der Waals surface area contributed by atoms with Gasteiger partial charge in [-0.1, -0.05) is 43.7 Å². The summed E-state index contributed by atoms with van der Waals surface area (Å²) in [7, 11) is 0. The Morgan fingerprint density at radius 1 is 1.00 bits per heavy atom. The van der Waals surface area contributed by atoms with E-state index in [0.717, 1.165) is 5.56 Å². The molecule has 0 aromatic heterocycles. The lowest BCUT2D eigenvalue weighted by Crippen LogP contribution is -2.40. The van der Waals surface area contributed by atoms with Crippen molar-refractivity contribution in [3.63, 3.8) is 0 Å². The molecule has 0 fully saturated rings. The number of nitrogens with one attached hydrogen (secondary N) is 3. The maximum absolute atomic E-state index is 11.5. The summed E-state index contributed by atoms with van der Waals surface area (Å²) in [5.41, 5.74) is 2.25. The summed E-state index contributed by atoms with van der Waals surface area (Å²) in [4.78, 5) is 22.8. The molecule has 5 nitrogen and oxygen atoms in total. The molecule has 1 rings (SSSR count). The molecule has 0 bridgehead atoms. The second-order valence-electron chi connectivity index (χ2n) is 5.04. The third kappa shape index (κ3) is 6.22. The fourth-order valence-corrected chi connectivity index (χ4v) is 1.52. The second kappa shape index (κ2) is 8.19. The SMILES string of the molecule is Cc1ccc(CNC(=O)NCCNC(=O)C(C)C)cc1. The van der Waals surface area contributed by atoms with Crippen LogP contribution in [0.15, 0.2) is 24.3 Å². The third-order valence-corrected chi connectivity index (χ3v) is 2.81. The van der Waals surface area contributed by atoms with Gasteiger partial charge in [-0.3, -0.25) is 4.79 Å². The Morgan fingerprint density at radius 3 is 2.20 bits per heavy atom. The number of carbonyl (C=O) groups excluding carboxylic acids is 2. The monoisotopic (exact) mass is 277 g/mol. The first-order chi connectivity index (χ1) is 9.49. The molecule has 5 heteroatoms. The minimum atomic E-state index is -0.232. The van der Waals surface area contributed by atoms with Gasteiger partial charge in [0.25, 0.3) is 0 Å². The van der Waals surface area contributed by atoms with E-state index in [2.05, 4.69) is 16.0 Å². The predicted octanol–water partition coefficient (Wildman–Crippen LogP) is 1.57. The van der Waals surface area contributed by atoms with Gasteiger partial charge in [0.05, 0.1) is 0 Å². The van der Waals surface area contributed by atoms with Crippen molar-refractivity contribution in [2.75, 3.05) is 13.1 Å². The zero-order chi connectivity index (χ0) is 15.0. The summed E-state index contributed by atoms with van der Waals surface area (Å²) in [5.74, 6) is -0.0442. The molecule has 0 radical (unpaired) electrons. The number of carbonyl (C=O) groups is 2.